The third-order valence-corrected chi connectivity index (χ3v) is 4.31. The number of thioether (sulfide) groups is 1. The summed E-state index contributed by atoms with van der Waals surface area (Å²) in [6, 6.07) is 0.550. The molecule has 1 atom stereocenters. The zero-order valence-electron chi connectivity index (χ0n) is 15.2. The van der Waals surface area contributed by atoms with E-state index in [2.05, 4.69) is 26.1 Å². The van der Waals surface area contributed by atoms with Crippen LogP contribution in [0.4, 0.5) is 0 Å². The number of unbranched alkanes of at least 4 members (excludes halogenated alkanes) is 1. The Bertz CT molecular complexity index is 270. The van der Waals surface area contributed by atoms with E-state index in [1.165, 1.54) is 48.2 Å². The summed E-state index contributed by atoms with van der Waals surface area (Å²) in [7, 11) is 5.53. The van der Waals surface area contributed by atoms with Crippen molar-refractivity contribution in [3.8, 4) is 0 Å². The molecule has 0 bridgehead atoms. The van der Waals surface area contributed by atoms with Gasteiger partial charge in [-0.2, -0.15) is 0 Å². The molecule has 0 saturated heterocycles. The van der Waals surface area contributed by atoms with Gasteiger partial charge in [0.1, 0.15) is 0 Å². The maximum atomic E-state index is 5.53. The second-order valence-corrected chi connectivity index (χ2v) is 5.63. The van der Waals surface area contributed by atoms with Crippen LogP contribution in [-0.2, 0) is 0 Å². The molecule has 120 valence electrons. The second-order valence-electron chi connectivity index (χ2n) is 4.50. The van der Waals surface area contributed by atoms with E-state index in [4.69, 9.17) is 7.85 Å². The molecule has 4 heteroatoms. The van der Waals surface area contributed by atoms with Crippen molar-refractivity contribution in [2.45, 2.75) is 79.7 Å². The summed E-state index contributed by atoms with van der Waals surface area (Å²) in [6.07, 6.45) is 6.18. The number of nitrogens with one attached hydrogen (secondary N) is 1. The third-order valence-electron chi connectivity index (χ3n) is 3.05. The number of hydrogen-bond donors (Lipinski definition) is 1. The predicted molar refractivity (Wildman–Crippen MR) is 106 cm³/mol. The van der Waals surface area contributed by atoms with Gasteiger partial charge in [0.2, 0.25) is 0 Å². The van der Waals surface area contributed by atoms with E-state index in [9.17, 15) is 0 Å². The fraction of sp³-hybridized carbons (Fsp3) is 0.824. The summed E-state index contributed by atoms with van der Waals surface area (Å²) < 4.78 is 0. The molecule has 0 aliphatic carbocycles. The van der Waals surface area contributed by atoms with Crippen molar-refractivity contribution in [2.75, 3.05) is 12.3 Å². The Morgan fingerprint density at radius 3 is 2.43 bits per heavy atom. The molecule has 0 amide bonds. The van der Waals surface area contributed by atoms with Gasteiger partial charge in [-0.3, -0.25) is 0 Å². The molecule has 0 aromatic rings. The molecule has 21 heavy (non-hydrogen) atoms. The molecule has 1 heterocycles. The van der Waals surface area contributed by atoms with E-state index in [0.717, 1.165) is 6.54 Å². The Kier molecular flexibility index (Phi) is 20.1. The van der Waals surface area contributed by atoms with Crippen LogP contribution in [0.3, 0.4) is 0 Å². The van der Waals surface area contributed by atoms with Gasteiger partial charge in [0.25, 0.3) is 0 Å². The number of rotatable bonds is 8. The first-order valence-corrected chi connectivity index (χ1v) is 9.79. The first kappa shape index (κ1) is 23.3. The van der Waals surface area contributed by atoms with Gasteiger partial charge in [-0.1, -0.05) is 27.7 Å². The standard InChI is InChI=1S/C13H23B2NS.2C2H6/c1-3-5-6-12(16-8-4-2)13-11(15-10-14)7-9-17-13;2*1-2/h10,12,16H,3-9H2,1-2H3;2*1-2H3. The topological polar surface area (TPSA) is 12.0 Å². The Balaban J connectivity index is 0. The fourth-order valence-corrected chi connectivity index (χ4v) is 3.45. The SMILES string of the molecule is CC.CC.[B]C=BC1=C(C(CCCC)NCCC)SCC1. The van der Waals surface area contributed by atoms with Crippen LogP contribution in [0.15, 0.2) is 10.4 Å². The molecular formula is C17H35B2NS. The maximum absolute atomic E-state index is 5.53. The van der Waals surface area contributed by atoms with Crippen LogP contribution in [0, 0.1) is 0 Å². The van der Waals surface area contributed by atoms with Crippen LogP contribution in [0.5, 0.6) is 0 Å². The molecule has 1 N–H and O–H groups in total. The Morgan fingerprint density at radius 1 is 1.24 bits per heavy atom. The fourth-order valence-electron chi connectivity index (χ4n) is 2.15. The van der Waals surface area contributed by atoms with E-state index in [-0.39, 0.29) is 0 Å². The van der Waals surface area contributed by atoms with Crippen LogP contribution in [0.2, 0.25) is 0 Å². The van der Waals surface area contributed by atoms with Crippen molar-refractivity contribution >= 4 is 32.4 Å². The third kappa shape index (κ3) is 10.4. The minimum atomic E-state index is 0.550. The van der Waals surface area contributed by atoms with Crippen molar-refractivity contribution in [1.29, 1.82) is 0 Å². The molecule has 0 aromatic heterocycles. The van der Waals surface area contributed by atoms with Crippen molar-refractivity contribution < 1.29 is 0 Å². The van der Waals surface area contributed by atoms with Gasteiger partial charge >= 0.3 is 112 Å². The van der Waals surface area contributed by atoms with Crippen LogP contribution in [-0.4, -0.2) is 39.0 Å². The quantitative estimate of drug-likeness (QED) is 0.659. The van der Waals surface area contributed by atoms with E-state index in [1.54, 1.807) is 5.87 Å². The first-order chi connectivity index (χ1) is 10.3. The molecule has 2 radical (unpaired) electrons. The van der Waals surface area contributed by atoms with E-state index in [1.807, 2.05) is 39.5 Å². The Morgan fingerprint density at radius 2 is 1.90 bits per heavy atom. The van der Waals surface area contributed by atoms with Crippen molar-refractivity contribution in [2.24, 2.45) is 0 Å². The minimum absolute atomic E-state index is 0.550. The molecule has 1 rings (SSSR count). The van der Waals surface area contributed by atoms with Gasteiger partial charge in [-0.05, 0) is 0 Å². The van der Waals surface area contributed by atoms with E-state index >= 15 is 0 Å². The molecule has 0 saturated carbocycles. The summed E-state index contributed by atoms with van der Waals surface area (Å²) >= 11 is 2.01. The average Bonchev–Trinajstić information content (AvgIpc) is 3.00. The zero-order valence-corrected chi connectivity index (χ0v) is 16.0. The molecule has 1 nitrogen and oxygen atoms in total. The molecule has 1 aliphatic heterocycles. The summed E-state index contributed by atoms with van der Waals surface area (Å²) in [5, 5.41) is 3.68. The molecule has 1 unspecified atom stereocenters. The number of hydrogen-bond acceptors (Lipinski definition) is 2. The second kappa shape index (κ2) is 18.1. The summed E-state index contributed by atoms with van der Waals surface area (Å²) in [5.41, 5.74) is 1.45. The Labute approximate surface area is 140 Å². The first-order valence-electron chi connectivity index (χ1n) is 8.81. The number of allylic oxidation sites excluding steroid dienone is 1. The molecule has 0 spiro atoms. The summed E-state index contributed by atoms with van der Waals surface area (Å²) in [5.74, 6) is 2.89. The van der Waals surface area contributed by atoms with Crippen LogP contribution < -0.4 is 5.32 Å². The average molecular weight is 307 g/mol. The van der Waals surface area contributed by atoms with Gasteiger partial charge in [0.05, 0.1) is 0 Å². The van der Waals surface area contributed by atoms with Crippen LogP contribution >= 0.6 is 11.8 Å². The Hall–Kier alpha value is 0.0499. The molecule has 0 fully saturated rings. The normalized spacial score (nSPS) is 15.0. The monoisotopic (exact) mass is 307 g/mol. The molecule has 1 aliphatic rings. The van der Waals surface area contributed by atoms with E-state index in [0.29, 0.717) is 6.04 Å². The predicted octanol–water partition coefficient (Wildman–Crippen LogP) is 4.58. The van der Waals surface area contributed by atoms with Crippen LogP contribution in [0.1, 0.15) is 73.6 Å². The van der Waals surface area contributed by atoms with Gasteiger partial charge < -0.3 is 0 Å². The molecular weight excluding hydrogens is 272 g/mol. The summed E-state index contributed by atoms with van der Waals surface area (Å²) in [4.78, 5) is 1.54. The van der Waals surface area contributed by atoms with Gasteiger partial charge in [-0.15, -0.1) is 0 Å². The van der Waals surface area contributed by atoms with Gasteiger partial charge in [0.15, 0.2) is 0 Å². The summed E-state index contributed by atoms with van der Waals surface area (Å²) in [6.45, 7) is 15.7. The van der Waals surface area contributed by atoms with Crippen molar-refractivity contribution in [3.63, 3.8) is 0 Å². The van der Waals surface area contributed by atoms with E-state index < -0.39 is 0 Å². The molecule has 0 aromatic carbocycles. The van der Waals surface area contributed by atoms with Crippen LogP contribution in [0.25, 0.3) is 0 Å². The van der Waals surface area contributed by atoms with Crippen molar-refractivity contribution in [1.82, 2.24) is 5.32 Å². The van der Waals surface area contributed by atoms with Gasteiger partial charge in [0, 0.05) is 0 Å². The zero-order chi connectivity index (χ0) is 16.5. The van der Waals surface area contributed by atoms with Crippen molar-refractivity contribution in [3.05, 3.63) is 10.4 Å². The van der Waals surface area contributed by atoms with Gasteiger partial charge in [-0.25, -0.2) is 0 Å².